The summed E-state index contributed by atoms with van der Waals surface area (Å²) in [5.41, 5.74) is 0.625. The molecule has 0 radical (unpaired) electrons. The van der Waals surface area contributed by atoms with Crippen molar-refractivity contribution in [2.24, 2.45) is 0 Å². The molecule has 0 spiro atoms. The highest BCUT2D eigenvalue weighted by molar-refractivity contribution is 6.30. The number of carboxylic acids is 1. The van der Waals surface area contributed by atoms with Crippen LogP contribution in [0.5, 0.6) is 0 Å². The van der Waals surface area contributed by atoms with Gasteiger partial charge in [-0.3, -0.25) is 14.5 Å². The van der Waals surface area contributed by atoms with Gasteiger partial charge in [-0.15, -0.1) is 0 Å². The summed E-state index contributed by atoms with van der Waals surface area (Å²) in [7, 11) is 0. The first-order valence-corrected chi connectivity index (χ1v) is 6.54. The van der Waals surface area contributed by atoms with Crippen molar-refractivity contribution in [3.8, 4) is 0 Å². The number of carbonyl (C=O) groups excluding carboxylic acids is 1. The number of carboxylic acid groups (broad SMARTS) is 1. The molecular formula is C13H15ClN2O4. The predicted molar refractivity (Wildman–Crippen MR) is 73.9 cm³/mol. The quantitative estimate of drug-likeness (QED) is 0.869. The molecule has 1 aromatic rings. The Morgan fingerprint density at radius 3 is 2.75 bits per heavy atom. The van der Waals surface area contributed by atoms with Crippen LogP contribution in [-0.2, 0) is 14.3 Å². The Hall–Kier alpha value is -1.63. The number of aliphatic carboxylic acids is 1. The molecule has 7 heteroatoms. The van der Waals surface area contributed by atoms with Crippen LogP contribution in [-0.4, -0.2) is 54.2 Å². The summed E-state index contributed by atoms with van der Waals surface area (Å²) in [5.74, 6) is -1.25. The standard InChI is InChI=1S/C13H15ClN2O4/c14-9-1-3-10(4-2-9)15-12(17)7-16-5-6-20-8-11(16)13(18)19/h1-4,11H,5-8H2,(H,15,17)(H,18,19). The van der Waals surface area contributed by atoms with Gasteiger partial charge in [0.25, 0.3) is 0 Å². The molecule has 2 N–H and O–H groups in total. The van der Waals surface area contributed by atoms with Crippen LogP contribution in [0.15, 0.2) is 24.3 Å². The molecule has 0 aliphatic carbocycles. The van der Waals surface area contributed by atoms with Gasteiger partial charge >= 0.3 is 5.97 Å². The Kier molecular flexibility index (Phi) is 4.94. The van der Waals surface area contributed by atoms with Crippen molar-refractivity contribution in [3.05, 3.63) is 29.3 Å². The maximum absolute atomic E-state index is 11.9. The van der Waals surface area contributed by atoms with E-state index in [9.17, 15) is 9.59 Å². The summed E-state index contributed by atoms with van der Waals surface area (Å²) in [4.78, 5) is 24.6. The van der Waals surface area contributed by atoms with E-state index in [4.69, 9.17) is 21.4 Å². The molecule has 0 aromatic heterocycles. The molecule has 1 aliphatic rings. The lowest BCUT2D eigenvalue weighted by Crippen LogP contribution is -2.52. The number of anilines is 1. The van der Waals surface area contributed by atoms with Crippen molar-refractivity contribution in [1.29, 1.82) is 0 Å². The van der Waals surface area contributed by atoms with Crippen LogP contribution < -0.4 is 5.32 Å². The molecular weight excluding hydrogens is 284 g/mol. The molecule has 1 fully saturated rings. The van der Waals surface area contributed by atoms with E-state index in [-0.39, 0.29) is 19.1 Å². The van der Waals surface area contributed by atoms with Gasteiger partial charge in [0.1, 0.15) is 6.04 Å². The molecule has 1 aliphatic heterocycles. The number of nitrogens with one attached hydrogen (secondary N) is 1. The third-order valence-corrected chi connectivity index (χ3v) is 3.25. The zero-order chi connectivity index (χ0) is 14.5. The van der Waals surface area contributed by atoms with Crippen LogP contribution in [0.1, 0.15) is 0 Å². The normalized spacial score (nSPS) is 19.6. The van der Waals surface area contributed by atoms with E-state index in [1.54, 1.807) is 29.2 Å². The number of benzene rings is 1. The van der Waals surface area contributed by atoms with E-state index in [0.717, 1.165) is 0 Å². The fourth-order valence-electron chi connectivity index (χ4n) is 1.97. The molecule has 1 amide bonds. The second kappa shape index (κ2) is 6.69. The smallest absolute Gasteiger partial charge is 0.323 e. The summed E-state index contributed by atoms with van der Waals surface area (Å²) in [6.07, 6.45) is 0. The fraction of sp³-hybridized carbons (Fsp3) is 0.385. The SMILES string of the molecule is O=C(CN1CCOCC1C(=O)O)Nc1ccc(Cl)cc1. The third kappa shape index (κ3) is 3.93. The van der Waals surface area contributed by atoms with Crippen molar-refractivity contribution in [2.75, 3.05) is 31.6 Å². The van der Waals surface area contributed by atoms with Gasteiger partial charge in [0.2, 0.25) is 5.91 Å². The summed E-state index contributed by atoms with van der Waals surface area (Å²) in [6.45, 7) is 0.968. The number of nitrogens with zero attached hydrogens (tertiary/aromatic N) is 1. The second-order valence-corrected chi connectivity index (χ2v) is 4.89. The first kappa shape index (κ1) is 14.8. The summed E-state index contributed by atoms with van der Waals surface area (Å²) in [6, 6.07) is 5.94. The highest BCUT2D eigenvalue weighted by atomic mass is 35.5. The summed E-state index contributed by atoms with van der Waals surface area (Å²) < 4.78 is 5.12. The van der Waals surface area contributed by atoms with E-state index in [0.29, 0.717) is 23.9 Å². The topological polar surface area (TPSA) is 78.9 Å². The highest BCUT2D eigenvalue weighted by Crippen LogP contribution is 2.14. The molecule has 1 unspecified atom stereocenters. The monoisotopic (exact) mass is 298 g/mol. The molecule has 0 saturated carbocycles. The first-order valence-electron chi connectivity index (χ1n) is 6.16. The lowest BCUT2D eigenvalue weighted by atomic mass is 10.2. The molecule has 2 rings (SSSR count). The first-order chi connectivity index (χ1) is 9.56. The second-order valence-electron chi connectivity index (χ2n) is 4.45. The zero-order valence-electron chi connectivity index (χ0n) is 10.7. The Morgan fingerprint density at radius 2 is 2.10 bits per heavy atom. The van der Waals surface area contributed by atoms with E-state index >= 15 is 0 Å². The maximum atomic E-state index is 11.9. The minimum Gasteiger partial charge on any atom is -0.480 e. The third-order valence-electron chi connectivity index (χ3n) is 3.00. The molecule has 1 aromatic carbocycles. The van der Waals surface area contributed by atoms with Gasteiger partial charge in [-0.1, -0.05) is 11.6 Å². The van der Waals surface area contributed by atoms with Crippen LogP contribution in [0.4, 0.5) is 5.69 Å². The van der Waals surface area contributed by atoms with Crippen LogP contribution in [0, 0.1) is 0 Å². The van der Waals surface area contributed by atoms with Gasteiger partial charge in [0.15, 0.2) is 0 Å². The van der Waals surface area contributed by atoms with Gasteiger partial charge in [-0.2, -0.15) is 0 Å². The lowest BCUT2D eigenvalue weighted by molar-refractivity contribution is -0.150. The maximum Gasteiger partial charge on any atom is 0.323 e. The van der Waals surface area contributed by atoms with Crippen LogP contribution >= 0.6 is 11.6 Å². The van der Waals surface area contributed by atoms with Crippen LogP contribution in [0.2, 0.25) is 5.02 Å². The Morgan fingerprint density at radius 1 is 1.40 bits per heavy atom. The molecule has 1 heterocycles. The fourth-order valence-corrected chi connectivity index (χ4v) is 2.10. The highest BCUT2D eigenvalue weighted by Gasteiger charge is 2.30. The number of halogens is 1. The minimum atomic E-state index is -0.982. The van der Waals surface area contributed by atoms with Gasteiger partial charge < -0.3 is 15.2 Å². The molecule has 0 bridgehead atoms. The Bertz CT molecular complexity index is 492. The van der Waals surface area contributed by atoms with E-state index in [1.807, 2.05) is 0 Å². The predicted octanol–water partition coefficient (Wildman–Crippen LogP) is 1.06. The molecule has 108 valence electrons. The molecule has 6 nitrogen and oxygen atoms in total. The van der Waals surface area contributed by atoms with E-state index < -0.39 is 12.0 Å². The van der Waals surface area contributed by atoms with Crippen molar-refractivity contribution in [3.63, 3.8) is 0 Å². The zero-order valence-corrected chi connectivity index (χ0v) is 11.5. The number of rotatable bonds is 4. The van der Waals surface area contributed by atoms with Crippen molar-refractivity contribution < 1.29 is 19.4 Å². The lowest BCUT2D eigenvalue weighted by Gasteiger charge is -2.32. The van der Waals surface area contributed by atoms with Gasteiger partial charge in [0, 0.05) is 17.3 Å². The van der Waals surface area contributed by atoms with Crippen LogP contribution in [0.25, 0.3) is 0 Å². The van der Waals surface area contributed by atoms with Gasteiger partial charge in [0.05, 0.1) is 19.8 Å². The average Bonchev–Trinajstić information content (AvgIpc) is 2.41. The van der Waals surface area contributed by atoms with Gasteiger partial charge in [-0.25, -0.2) is 0 Å². The van der Waals surface area contributed by atoms with Crippen molar-refractivity contribution >= 4 is 29.2 Å². The van der Waals surface area contributed by atoms with Gasteiger partial charge in [-0.05, 0) is 24.3 Å². The average molecular weight is 299 g/mol. The largest absolute Gasteiger partial charge is 0.480 e. The number of morpholine rings is 1. The molecule has 1 atom stereocenters. The number of ether oxygens (including phenoxy) is 1. The van der Waals surface area contributed by atoms with E-state index in [2.05, 4.69) is 5.32 Å². The number of hydrogen-bond donors (Lipinski definition) is 2. The van der Waals surface area contributed by atoms with Crippen molar-refractivity contribution in [2.45, 2.75) is 6.04 Å². The number of carbonyl (C=O) groups is 2. The van der Waals surface area contributed by atoms with Crippen molar-refractivity contribution in [1.82, 2.24) is 4.90 Å². The minimum absolute atomic E-state index is 0.0168. The Labute approximate surface area is 121 Å². The summed E-state index contributed by atoms with van der Waals surface area (Å²) in [5, 5.41) is 12.4. The van der Waals surface area contributed by atoms with Crippen LogP contribution in [0.3, 0.4) is 0 Å². The molecule has 1 saturated heterocycles. The number of hydrogen-bond acceptors (Lipinski definition) is 4. The summed E-state index contributed by atoms with van der Waals surface area (Å²) >= 11 is 5.76. The molecule has 20 heavy (non-hydrogen) atoms. The number of amides is 1. The van der Waals surface area contributed by atoms with E-state index in [1.165, 1.54) is 0 Å². The Balaban J connectivity index is 1.92.